The molecule has 0 fully saturated rings. The first-order chi connectivity index (χ1) is 16.0. The van der Waals surface area contributed by atoms with Crippen molar-refractivity contribution < 1.29 is 18.3 Å². The van der Waals surface area contributed by atoms with E-state index in [0.717, 1.165) is 16.7 Å². The zero-order chi connectivity index (χ0) is 25.0. The molecule has 1 atom stereocenters. The molecule has 0 aromatic heterocycles. The molecule has 3 rings (SSSR count). The topological polar surface area (TPSA) is 145 Å². The highest BCUT2D eigenvalue weighted by atomic mass is 32.2. The number of nitrogens with one attached hydrogen (secondary N) is 3. The first-order valence-electron chi connectivity index (χ1n) is 10.6. The van der Waals surface area contributed by atoms with Crippen LogP contribution >= 0.6 is 0 Å². The van der Waals surface area contributed by atoms with E-state index in [9.17, 15) is 18.3 Å². The molecule has 178 valence electrons. The van der Waals surface area contributed by atoms with Crippen molar-refractivity contribution in [2.45, 2.75) is 38.1 Å². The van der Waals surface area contributed by atoms with Crippen molar-refractivity contribution in [1.82, 2.24) is 4.72 Å². The minimum Gasteiger partial charge on any atom is -0.480 e. The summed E-state index contributed by atoms with van der Waals surface area (Å²) in [6.07, 6.45) is -0.00919. The van der Waals surface area contributed by atoms with Crippen LogP contribution in [0, 0.1) is 26.2 Å². The third kappa shape index (κ3) is 6.00. The number of aryl methyl sites for hydroxylation is 3. The molecule has 3 aromatic rings. The molecule has 9 heteroatoms. The first kappa shape index (κ1) is 24.9. The lowest BCUT2D eigenvalue weighted by Gasteiger charge is -2.18. The number of hydrogen-bond donors (Lipinski definition) is 5. The summed E-state index contributed by atoms with van der Waals surface area (Å²) in [6, 6.07) is 16.8. The largest absolute Gasteiger partial charge is 0.480 e. The van der Waals surface area contributed by atoms with E-state index in [0.29, 0.717) is 22.4 Å². The molecule has 34 heavy (non-hydrogen) atoms. The van der Waals surface area contributed by atoms with Gasteiger partial charge in [0.1, 0.15) is 6.04 Å². The van der Waals surface area contributed by atoms with E-state index >= 15 is 0 Å². The lowest BCUT2D eigenvalue weighted by atomic mass is 10.0. The number of benzene rings is 3. The Morgan fingerprint density at radius 2 is 1.62 bits per heavy atom. The molecule has 0 heterocycles. The van der Waals surface area contributed by atoms with Crippen molar-refractivity contribution in [3.05, 3.63) is 82.9 Å². The van der Waals surface area contributed by atoms with Crippen molar-refractivity contribution in [3.8, 4) is 11.1 Å². The van der Waals surface area contributed by atoms with Gasteiger partial charge in [-0.2, -0.15) is 4.72 Å². The van der Waals surface area contributed by atoms with Crippen LogP contribution in [0.1, 0.15) is 22.3 Å². The van der Waals surface area contributed by atoms with Gasteiger partial charge in [-0.3, -0.25) is 10.2 Å². The number of sulfonamides is 1. The Kier molecular flexibility index (Phi) is 7.38. The Labute approximate surface area is 199 Å². The van der Waals surface area contributed by atoms with Crippen molar-refractivity contribution in [2.75, 3.05) is 5.32 Å². The van der Waals surface area contributed by atoms with E-state index in [4.69, 9.17) is 11.1 Å². The molecule has 0 spiro atoms. The average Bonchev–Trinajstić information content (AvgIpc) is 2.72. The highest BCUT2D eigenvalue weighted by molar-refractivity contribution is 7.89. The van der Waals surface area contributed by atoms with Gasteiger partial charge < -0.3 is 16.2 Å². The number of carbonyl (C=O) groups is 1. The monoisotopic (exact) mass is 480 g/mol. The summed E-state index contributed by atoms with van der Waals surface area (Å²) in [5.41, 5.74) is 10.6. The number of guanidine groups is 1. The SMILES string of the molecule is Cc1cc(C)c(S(=O)(=O)N[C@@H](Cc2ccc(-c3cccc(NC(=N)N)c3)cc2)C(=O)O)c(C)c1. The number of carboxylic acids is 1. The Morgan fingerprint density at radius 3 is 2.18 bits per heavy atom. The molecular weight excluding hydrogens is 452 g/mol. The van der Waals surface area contributed by atoms with Gasteiger partial charge in [0.25, 0.3) is 0 Å². The second-order valence-electron chi connectivity index (χ2n) is 8.26. The summed E-state index contributed by atoms with van der Waals surface area (Å²) < 4.78 is 28.4. The van der Waals surface area contributed by atoms with Gasteiger partial charge in [-0.25, -0.2) is 8.42 Å². The molecule has 0 saturated carbocycles. The van der Waals surface area contributed by atoms with Gasteiger partial charge in [0, 0.05) is 5.69 Å². The molecule has 0 aliphatic rings. The third-order valence-corrected chi connectivity index (χ3v) is 7.11. The van der Waals surface area contributed by atoms with E-state index in [1.54, 1.807) is 44.2 Å². The molecular formula is C25H28N4O4S. The molecule has 0 unspecified atom stereocenters. The van der Waals surface area contributed by atoms with Crippen LogP contribution in [0.2, 0.25) is 0 Å². The van der Waals surface area contributed by atoms with E-state index < -0.39 is 22.0 Å². The van der Waals surface area contributed by atoms with Gasteiger partial charge in [-0.15, -0.1) is 0 Å². The van der Waals surface area contributed by atoms with Crippen LogP contribution < -0.4 is 15.8 Å². The fourth-order valence-electron chi connectivity index (χ4n) is 4.02. The molecule has 0 saturated heterocycles. The Bertz CT molecular complexity index is 1310. The number of carboxylic acid groups (broad SMARTS) is 1. The van der Waals surface area contributed by atoms with Gasteiger partial charge in [-0.05, 0) is 67.1 Å². The predicted molar refractivity (Wildman–Crippen MR) is 134 cm³/mol. The summed E-state index contributed by atoms with van der Waals surface area (Å²) in [4.78, 5) is 12.0. The number of aliphatic carboxylic acids is 1. The van der Waals surface area contributed by atoms with Crippen LogP contribution in [0.5, 0.6) is 0 Å². The fourth-order valence-corrected chi connectivity index (χ4v) is 5.66. The van der Waals surface area contributed by atoms with Gasteiger partial charge in [0.2, 0.25) is 10.0 Å². The fraction of sp³-hybridized carbons (Fsp3) is 0.200. The lowest BCUT2D eigenvalue weighted by Crippen LogP contribution is -2.42. The molecule has 0 aliphatic carbocycles. The molecule has 3 aromatic carbocycles. The van der Waals surface area contributed by atoms with Crippen LogP contribution in [-0.4, -0.2) is 31.5 Å². The first-order valence-corrected chi connectivity index (χ1v) is 12.1. The Morgan fingerprint density at radius 1 is 1.00 bits per heavy atom. The van der Waals surface area contributed by atoms with Crippen LogP contribution in [-0.2, 0) is 21.2 Å². The summed E-state index contributed by atoms with van der Waals surface area (Å²) >= 11 is 0. The maximum Gasteiger partial charge on any atom is 0.322 e. The minimum absolute atomic E-state index is 0.00919. The molecule has 0 bridgehead atoms. The molecule has 0 radical (unpaired) electrons. The zero-order valence-corrected chi connectivity index (χ0v) is 20.0. The second kappa shape index (κ2) is 10.1. The Hall–Kier alpha value is -3.69. The highest BCUT2D eigenvalue weighted by Gasteiger charge is 2.28. The van der Waals surface area contributed by atoms with E-state index in [2.05, 4.69) is 10.0 Å². The maximum atomic E-state index is 13.0. The maximum absolute atomic E-state index is 13.0. The second-order valence-corrected chi connectivity index (χ2v) is 9.91. The zero-order valence-electron chi connectivity index (χ0n) is 19.2. The van der Waals surface area contributed by atoms with Crippen molar-refractivity contribution in [2.24, 2.45) is 5.73 Å². The summed E-state index contributed by atoms with van der Waals surface area (Å²) in [6.45, 7) is 5.28. The van der Waals surface area contributed by atoms with Gasteiger partial charge >= 0.3 is 5.97 Å². The molecule has 8 nitrogen and oxygen atoms in total. The minimum atomic E-state index is -4.03. The smallest absolute Gasteiger partial charge is 0.322 e. The van der Waals surface area contributed by atoms with Crippen LogP contribution in [0.25, 0.3) is 11.1 Å². The van der Waals surface area contributed by atoms with Gasteiger partial charge in [-0.1, -0.05) is 54.1 Å². The molecule has 6 N–H and O–H groups in total. The van der Waals surface area contributed by atoms with Crippen LogP contribution in [0.15, 0.2) is 65.6 Å². The Balaban J connectivity index is 1.81. The summed E-state index contributed by atoms with van der Waals surface area (Å²) in [5.74, 6) is -1.41. The van der Waals surface area contributed by atoms with E-state index in [1.165, 1.54) is 0 Å². The van der Waals surface area contributed by atoms with Crippen molar-refractivity contribution >= 4 is 27.6 Å². The summed E-state index contributed by atoms with van der Waals surface area (Å²) in [5, 5.41) is 19.8. The quantitative estimate of drug-likeness (QED) is 0.246. The number of anilines is 1. The van der Waals surface area contributed by atoms with Crippen molar-refractivity contribution in [1.29, 1.82) is 5.41 Å². The normalized spacial score (nSPS) is 12.2. The number of nitrogens with two attached hydrogens (primary N) is 1. The van der Waals surface area contributed by atoms with Gasteiger partial charge in [0.15, 0.2) is 5.96 Å². The van der Waals surface area contributed by atoms with Crippen LogP contribution in [0.4, 0.5) is 5.69 Å². The van der Waals surface area contributed by atoms with E-state index in [1.807, 2.05) is 37.3 Å². The van der Waals surface area contributed by atoms with Gasteiger partial charge in [0.05, 0.1) is 4.90 Å². The summed E-state index contributed by atoms with van der Waals surface area (Å²) in [7, 11) is -4.03. The predicted octanol–water partition coefficient (Wildman–Crippen LogP) is 3.56. The van der Waals surface area contributed by atoms with E-state index in [-0.39, 0.29) is 17.3 Å². The molecule has 0 amide bonds. The standard InChI is InChI=1S/C25H28N4O4S/c1-15-11-16(2)23(17(3)12-15)34(32,33)29-22(24(30)31)13-18-7-9-19(10-8-18)20-5-4-6-21(14-20)28-25(26)27/h4-12,14,22,29H,13H2,1-3H3,(H,30,31)(H4,26,27,28)/t22-/m0/s1. The highest BCUT2D eigenvalue weighted by Crippen LogP contribution is 2.25. The number of hydrogen-bond acceptors (Lipinski definition) is 4. The number of rotatable bonds is 8. The van der Waals surface area contributed by atoms with Crippen LogP contribution in [0.3, 0.4) is 0 Å². The van der Waals surface area contributed by atoms with Crippen molar-refractivity contribution in [3.63, 3.8) is 0 Å². The lowest BCUT2D eigenvalue weighted by molar-refractivity contribution is -0.138. The molecule has 0 aliphatic heterocycles. The average molecular weight is 481 g/mol. The third-order valence-electron chi connectivity index (χ3n) is 5.34.